The average molecular weight is 218 g/mol. The SMILES string of the molecule is Cc1cnc2nc(CCC(C)CN)[nH]c2c1. The third kappa shape index (κ3) is 2.39. The molecule has 3 N–H and O–H groups in total. The highest BCUT2D eigenvalue weighted by Gasteiger charge is 2.06. The first kappa shape index (κ1) is 11.1. The van der Waals surface area contributed by atoms with Gasteiger partial charge in [-0.3, -0.25) is 0 Å². The van der Waals surface area contributed by atoms with Gasteiger partial charge in [0.1, 0.15) is 5.82 Å². The van der Waals surface area contributed by atoms with E-state index in [1.54, 1.807) is 0 Å². The van der Waals surface area contributed by atoms with E-state index < -0.39 is 0 Å². The zero-order chi connectivity index (χ0) is 11.5. The average Bonchev–Trinajstić information content (AvgIpc) is 2.67. The number of nitrogens with one attached hydrogen (secondary N) is 1. The Morgan fingerprint density at radius 3 is 3.06 bits per heavy atom. The van der Waals surface area contributed by atoms with E-state index in [0.717, 1.165) is 41.9 Å². The fourth-order valence-electron chi connectivity index (χ4n) is 1.67. The summed E-state index contributed by atoms with van der Waals surface area (Å²) in [5.41, 5.74) is 8.57. The fraction of sp³-hybridized carbons (Fsp3) is 0.500. The lowest BCUT2D eigenvalue weighted by Gasteiger charge is -2.04. The van der Waals surface area contributed by atoms with Crippen molar-refractivity contribution in [2.45, 2.75) is 26.7 Å². The van der Waals surface area contributed by atoms with Crippen LogP contribution in [0.15, 0.2) is 12.3 Å². The number of pyridine rings is 1. The molecule has 2 aromatic rings. The van der Waals surface area contributed by atoms with Crippen molar-refractivity contribution in [3.63, 3.8) is 0 Å². The summed E-state index contributed by atoms with van der Waals surface area (Å²) in [6, 6.07) is 2.07. The lowest BCUT2D eigenvalue weighted by atomic mass is 10.1. The highest BCUT2D eigenvalue weighted by atomic mass is 15.0. The van der Waals surface area contributed by atoms with Gasteiger partial charge >= 0.3 is 0 Å². The molecule has 4 nitrogen and oxygen atoms in total. The predicted molar refractivity (Wildman–Crippen MR) is 65.2 cm³/mol. The highest BCUT2D eigenvalue weighted by molar-refractivity contribution is 5.70. The van der Waals surface area contributed by atoms with Gasteiger partial charge in [0.2, 0.25) is 0 Å². The minimum atomic E-state index is 0.544. The summed E-state index contributed by atoms with van der Waals surface area (Å²) in [7, 11) is 0. The number of rotatable bonds is 4. The first-order chi connectivity index (χ1) is 7.69. The van der Waals surface area contributed by atoms with Gasteiger partial charge in [-0.2, -0.15) is 0 Å². The maximum absolute atomic E-state index is 5.59. The molecule has 2 rings (SSSR count). The van der Waals surface area contributed by atoms with Crippen LogP contribution < -0.4 is 5.73 Å². The van der Waals surface area contributed by atoms with Crippen LogP contribution in [0, 0.1) is 12.8 Å². The Bertz CT molecular complexity index is 475. The number of aromatic amines is 1. The number of nitrogens with two attached hydrogens (primary N) is 1. The van der Waals surface area contributed by atoms with Gasteiger partial charge in [-0.25, -0.2) is 9.97 Å². The molecule has 0 saturated heterocycles. The molecule has 0 aliphatic rings. The van der Waals surface area contributed by atoms with Crippen molar-refractivity contribution in [3.8, 4) is 0 Å². The molecule has 86 valence electrons. The quantitative estimate of drug-likeness (QED) is 0.822. The molecule has 1 atom stereocenters. The monoisotopic (exact) mass is 218 g/mol. The van der Waals surface area contributed by atoms with Crippen molar-refractivity contribution in [1.29, 1.82) is 0 Å². The van der Waals surface area contributed by atoms with E-state index in [0.29, 0.717) is 5.92 Å². The predicted octanol–water partition coefficient (Wildman–Crippen LogP) is 1.79. The van der Waals surface area contributed by atoms with Gasteiger partial charge in [-0.1, -0.05) is 6.92 Å². The second-order valence-corrected chi connectivity index (χ2v) is 4.45. The topological polar surface area (TPSA) is 67.6 Å². The smallest absolute Gasteiger partial charge is 0.177 e. The Morgan fingerprint density at radius 2 is 2.31 bits per heavy atom. The molecule has 2 heterocycles. The molecular formula is C12H18N4. The summed E-state index contributed by atoms with van der Waals surface area (Å²) in [5, 5.41) is 0. The van der Waals surface area contributed by atoms with Crippen LogP contribution in [0.1, 0.15) is 24.7 Å². The maximum Gasteiger partial charge on any atom is 0.177 e. The normalized spacial score (nSPS) is 13.2. The molecule has 0 spiro atoms. The number of hydrogen-bond donors (Lipinski definition) is 2. The van der Waals surface area contributed by atoms with E-state index in [1.807, 2.05) is 13.1 Å². The van der Waals surface area contributed by atoms with Crippen LogP contribution in [0.2, 0.25) is 0 Å². The number of imidazole rings is 1. The second kappa shape index (κ2) is 4.61. The second-order valence-electron chi connectivity index (χ2n) is 4.45. The number of nitrogens with zero attached hydrogens (tertiary/aromatic N) is 2. The Labute approximate surface area is 95.3 Å². The van der Waals surface area contributed by atoms with Crippen molar-refractivity contribution in [2.75, 3.05) is 6.54 Å². The summed E-state index contributed by atoms with van der Waals surface area (Å²) in [6.45, 7) is 4.92. The molecule has 16 heavy (non-hydrogen) atoms. The van der Waals surface area contributed by atoms with Gasteiger partial charge in [0.05, 0.1) is 5.52 Å². The minimum absolute atomic E-state index is 0.544. The van der Waals surface area contributed by atoms with Crippen molar-refractivity contribution in [1.82, 2.24) is 15.0 Å². The molecule has 1 unspecified atom stereocenters. The lowest BCUT2D eigenvalue weighted by Crippen LogP contribution is -2.11. The summed E-state index contributed by atoms with van der Waals surface area (Å²) in [5.74, 6) is 1.55. The van der Waals surface area contributed by atoms with Crippen LogP contribution in [-0.2, 0) is 6.42 Å². The van der Waals surface area contributed by atoms with Crippen LogP contribution in [0.3, 0.4) is 0 Å². The molecule has 0 radical (unpaired) electrons. The summed E-state index contributed by atoms with van der Waals surface area (Å²) < 4.78 is 0. The van der Waals surface area contributed by atoms with E-state index in [-0.39, 0.29) is 0 Å². The summed E-state index contributed by atoms with van der Waals surface area (Å²) in [6.07, 6.45) is 3.85. The maximum atomic E-state index is 5.59. The summed E-state index contributed by atoms with van der Waals surface area (Å²) in [4.78, 5) is 12.0. The Balaban J connectivity index is 2.13. The minimum Gasteiger partial charge on any atom is -0.341 e. The number of aromatic nitrogens is 3. The van der Waals surface area contributed by atoms with Crippen LogP contribution in [0.25, 0.3) is 11.2 Å². The summed E-state index contributed by atoms with van der Waals surface area (Å²) >= 11 is 0. The first-order valence-electron chi connectivity index (χ1n) is 5.70. The van der Waals surface area contributed by atoms with Gasteiger partial charge in [-0.05, 0) is 37.4 Å². The van der Waals surface area contributed by atoms with Gasteiger partial charge in [-0.15, -0.1) is 0 Å². The van der Waals surface area contributed by atoms with Crippen molar-refractivity contribution in [2.24, 2.45) is 11.7 Å². The molecule has 0 aliphatic heterocycles. The number of fused-ring (bicyclic) bond motifs is 1. The Hall–Kier alpha value is -1.42. The number of hydrogen-bond acceptors (Lipinski definition) is 3. The zero-order valence-electron chi connectivity index (χ0n) is 9.83. The molecule has 0 bridgehead atoms. The highest BCUT2D eigenvalue weighted by Crippen LogP contribution is 2.12. The molecule has 0 fully saturated rings. The third-order valence-corrected chi connectivity index (χ3v) is 2.80. The molecule has 2 aromatic heterocycles. The van der Waals surface area contributed by atoms with Crippen molar-refractivity contribution >= 4 is 11.2 Å². The van der Waals surface area contributed by atoms with E-state index >= 15 is 0 Å². The molecule has 0 aliphatic carbocycles. The zero-order valence-corrected chi connectivity index (χ0v) is 9.83. The molecule has 0 amide bonds. The fourth-order valence-corrected chi connectivity index (χ4v) is 1.67. The molecule has 0 aromatic carbocycles. The van der Waals surface area contributed by atoms with Crippen molar-refractivity contribution < 1.29 is 0 Å². The molecule has 0 saturated carbocycles. The van der Waals surface area contributed by atoms with Crippen LogP contribution >= 0.6 is 0 Å². The van der Waals surface area contributed by atoms with Gasteiger partial charge < -0.3 is 10.7 Å². The Morgan fingerprint density at radius 1 is 1.50 bits per heavy atom. The van der Waals surface area contributed by atoms with E-state index in [4.69, 9.17) is 5.73 Å². The number of H-pyrrole nitrogens is 1. The van der Waals surface area contributed by atoms with E-state index in [2.05, 4.69) is 27.9 Å². The van der Waals surface area contributed by atoms with E-state index in [1.165, 1.54) is 0 Å². The van der Waals surface area contributed by atoms with Crippen LogP contribution in [-0.4, -0.2) is 21.5 Å². The van der Waals surface area contributed by atoms with Crippen LogP contribution in [0.5, 0.6) is 0 Å². The van der Waals surface area contributed by atoms with E-state index in [9.17, 15) is 0 Å². The van der Waals surface area contributed by atoms with Gasteiger partial charge in [0, 0.05) is 12.6 Å². The standard InChI is InChI=1S/C12H18N4/c1-8(6-13)3-4-11-15-10-5-9(2)7-14-12(10)16-11/h5,7-8H,3-4,6,13H2,1-2H3,(H,14,15,16). The van der Waals surface area contributed by atoms with Gasteiger partial charge in [0.25, 0.3) is 0 Å². The van der Waals surface area contributed by atoms with Gasteiger partial charge in [0.15, 0.2) is 5.65 Å². The van der Waals surface area contributed by atoms with Crippen LogP contribution in [0.4, 0.5) is 0 Å². The van der Waals surface area contributed by atoms with Crippen molar-refractivity contribution in [3.05, 3.63) is 23.7 Å². The molecular weight excluding hydrogens is 200 g/mol. The first-order valence-corrected chi connectivity index (χ1v) is 5.70. The molecule has 4 heteroatoms. The number of aryl methyl sites for hydroxylation is 2. The Kier molecular flexibility index (Phi) is 3.19. The largest absolute Gasteiger partial charge is 0.341 e. The third-order valence-electron chi connectivity index (χ3n) is 2.80. The lowest BCUT2D eigenvalue weighted by molar-refractivity contribution is 0.538.